The maximum absolute atomic E-state index is 13.7. The van der Waals surface area contributed by atoms with Gasteiger partial charge in [0, 0.05) is 48.9 Å². The van der Waals surface area contributed by atoms with Gasteiger partial charge in [0.2, 0.25) is 11.8 Å². The third-order valence-corrected chi connectivity index (χ3v) is 7.47. The summed E-state index contributed by atoms with van der Waals surface area (Å²) in [6, 6.07) is 14.1. The van der Waals surface area contributed by atoms with Gasteiger partial charge in [-0.3, -0.25) is 24.0 Å². The van der Waals surface area contributed by atoms with Crippen LogP contribution in [0, 0.1) is 0 Å². The van der Waals surface area contributed by atoms with Gasteiger partial charge in [-0.25, -0.2) is 10.8 Å². The molecule has 0 saturated carbocycles. The number of hydrogen-bond donors (Lipinski definition) is 4. The molecule has 11 nitrogen and oxygen atoms in total. The quantitative estimate of drug-likeness (QED) is 0.103. The molecular formula is C30H36Cl2N8O3. The van der Waals surface area contributed by atoms with Crippen molar-refractivity contribution in [3.8, 4) is 11.3 Å². The van der Waals surface area contributed by atoms with E-state index in [2.05, 4.69) is 15.6 Å². The fraction of sp³-hybridized carbons (Fsp3) is 0.333. The second-order valence-corrected chi connectivity index (χ2v) is 11.2. The molecule has 1 aromatic heterocycles. The number of halogens is 2. The molecule has 0 bridgehead atoms. The summed E-state index contributed by atoms with van der Waals surface area (Å²) in [4.78, 5) is 43.6. The van der Waals surface area contributed by atoms with Crippen molar-refractivity contribution >= 4 is 46.4 Å². The molecule has 4 rings (SSSR count). The van der Waals surface area contributed by atoms with Crippen LogP contribution in [0.5, 0.6) is 0 Å². The Balaban J connectivity index is 1.67. The van der Waals surface area contributed by atoms with Crippen molar-refractivity contribution in [2.75, 3.05) is 36.1 Å². The van der Waals surface area contributed by atoms with Crippen molar-refractivity contribution < 1.29 is 9.59 Å². The highest BCUT2D eigenvalue weighted by Gasteiger charge is 2.21. The van der Waals surface area contributed by atoms with Gasteiger partial charge in [0.15, 0.2) is 0 Å². The van der Waals surface area contributed by atoms with Gasteiger partial charge in [-0.2, -0.15) is 0 Å². The highest BCUT2D eigenvalue weighted by Crippen LogP contribution is 2.32. The Morgan fingerprint density at radius 2 is 2.00 bits per heavy atom. The first kappa shape index (κ1) is 31.9. The van der Waals surface area contributed by atoms with Crippen LogP contribution in [-0.2, 0) is 9.59 Å². The minimum Gasteiger partial charge on any atom is -0.388 e. The number of carbonyl (C=O) groups is 2. The Morgan fingerprint density at radius 1 is 1.19 bits per heavy atom. The Morgan fingerprint density at radius 3 is 2.72 bits per heavy atom. The van der Waals surface area contributed by atoms with Gasteiger partial charge in [-0.1, -0.05) is 48.2 Å². The summed E-state index contributed by atoms with van der Waals surface area (Å²) in [5, 5.41) is 7.35. The maximum atomic E-state index is 13.7. The minimum absolute atomic E-state index is 0.0147. The SMILES string of the molecule is CC(=O)NCCCCCC(c1cccc(N2CCNC(=O)C2)c1)n1cnc(-c2cc(Cl)ccc2N(N)/C=C(\N)Cl)cc1=O. The van der Waals surface area contributed by atoms with Gasteiger partial charge < -0.3 is 21.3 Å². The van der Waals surface area contributed by atoms with Crippen molar-refractivity contribution in [2.24, 2.45) is 11.6 Å². The molecule has 43 heavy (non-hydrogen) atoms. The smallest absolute Gasteiger partial charge is 0.254 e. The van der Waals surface area contributed by atoms with Crippen LogP contribution in [0.15, 0.2) is 71.0 Å². The second kappa shape index (κ2) is 14.9. The van der Waals surface area contributed by atoms with Crippen LogP contribution in [-0.4, -0.2) is 47.5 Å². The summed E-state index contributed by atoms with van der Waals surface area (Å²) in [6.45, 7) is 3.65. The minimum atomic E-state index is -0.308. The lowest BCUT2D eigenvalue weighted by Crippen LogP contribution is -2.47. The number of amides is 2. The van der Waals surface area contributed by atoms with Crippen LogP contribution >= 0.6 is 23.2 Å². The molecule has 0 spiro atoms. The number of nitrogens with one attached hydrogen (secondary N) is 2. The largest absolute Gasteiger partial charge is 0.388 e. The Hall–Kier alpha value is -4.06. The number of hydrogen-bond acceptors (Lipinski definition) is 8. The van der Waals surface area contributed by atoms with Gasteiger partial charge in [0.1, 0.15) is 5.16 Å². The molecule has 2 amide bonds. The first-order valence-corrected chi connectivity index (χ1v) is 14.8. The first-order valence-electron chi connectivity index (χ1n) is 14.0. The van der Waals surface area contributed by atoms with Crippen LogP contribution in [0.2, 0.25) is 5.02 Å². The van der Waals surface area contributed by atoms with Crippen molar-refractivity contribution in [2.45, 2.75) is 38.6 Å². The number of nitrogens with zero attached hydrogens (tertiary/aromatic N) is 4. The van der Waals surface area contributed by atoms with E-state index in [1.165, 1.54) is 30.5 Å². The van der Waals surface area contributed by atoms with E-state index in [9.17, 15) is 14.4 Å². The molecule has 2 heterocycles. The molecule has 6 N–H and O–H groups in total. The number of anilines is 2. The standard InChI is InChI=1S/C30H36Cl2N8O3/c1-20(41)35-11-4-2-3-8-26(21-6-5-7-23(14-21)38-13-12-36-29(42)18-38)39-19-37-25(16-30(39)43)24-15-22(31)9-10-27(24)40(34)17-28(32)33/h5-7,9-10,14-17,19,26H,2-4,8,11-13,18,33-34H2,1H3,(H,35,41)(H,36,42)/b28-17-. The summed E-state index contributed by atoms with van der Waals surface area (Å²) in [5.74, 6) is 6.07. The summed E-state index contributed by atoms with van der Waals surface area (Å²) in [5.41, 5.74) is 8.62. The predicted octanol–water partition coefficient (Wildman–Crippen LogP) is 3.46. The summed E-state index contributed by atoms with van der Waals surface area (Å²) in [6.07, 6.45) is 6.08. The second-order valence-electron chi connectivity index (χ2n) is 10.3. The number of rotatable bonds is 12. The van der Waals surface area contributed by atoms with Crippen LogP contribution < -0.4 is 37.7 Å². The number of unbranched alkanes of at least 4 members (excludes halogenated alkanes) is 2. The van der Waals surface area contributed by atoms with Crippen LogP contribution in [0.1, 0.15) is 44.2 Å². The zero-order valence-corrected chi connectivity index (χ0v) is 25.4. The van der Waals surface area contributed by atoms with Gasteiger partial charge >= 0.3 is 0 Å². The summed E-state index contributed by atoms with van der Waals surface area (Å²) >= 11 is 12.1. The number of piperazine rings is 1. The summed E-state index contributed by atoms with van der Waals surface area (Å²) < 4.78 is 1.63. The highest BCUT2D eigenvalue weighted by atomic mass is 35.5. The molecule has 13 heteroatoms. The Bertz CT molecular complexity index is 1540. The molecule has 1 saturated heterocycles. The number of hydrazine groups is 1. The zero-order valence-electron chi connectivity index (χ0n) is 23.9. The molecule has 1 atom stereocenters. The average Bonchev–Trinajstić information content (AvgIpc) is 2.96. The van der Waals surface area contributed by atoms with E-state index in [0.29, 0.717) is 48.0 Å². The lowest BCUT2D eigenvalue weighted by Gasteiger charge is -2.29. The van der Waals surface area contributed by atoms with Crippen molar-refractivity contribution in [3.63, 3.8) is 0 Å². The molecule has 1 fully saturated rings. The topological polar surface area (TPSA) is 152 Å². The Labute approximate surface area is 260 Å². The molecule has 3 aromatic rings. The number of aromatic nitrogens is 2. The summed E-state index contributed by atoms with van der Waals surface area (Å²) in [7, 11) is 0. The molecule has 1 aliphatic rings. The van der Waals surface area contributed by atoms with Gasteiger partial charge in [-0.05, 0) is 48.7 Å². The lowest BCUT2D eigenvalue weighted by atomic mass is 9.99. The third kappa shape index (κ3) is 8.73. The molecule has 228 valence electrons. The van der Waals surface area contributed by atoms with Crippen molar-refractivity contribution in [3.05, 3.63) is 87.2 Å². The molecule has 1 unspecified atom stereocenters. The van der Waals surface area contributed by atoms with Gasteiger partial charge in [-0.15, -0.1) is 0 Å². The van der Waals surface area contributed by atoms with E-state index in [0.717, 1.165) is 30.5 Å². The van der Waals surface area contributed by atoms with E-state index in [1.807, 2.05) is 29.2 Å². The average molecular weight is 628 g/mol. The van der Waals surface area contributed by atoms with Crippen LogP contribution in [0.4, 0.5) is 11.4 Å². The monoisotopic (exact) mass is 626 g/mol. The first-order chi connectivity index (χ1) is 20.6. The Kier molecular flexibility index (Phi) is 11.0. The predicted molar refractivity (Wildman–Crippen MR) is 171 cm³/mol. The van der Waals surface area contributed by atoms with E-state index in [1.54, 1.807) is 22.8 Å². The van der Waals surface area contributed by atoms with E-state index >= 15 is 0 Å². The van der Waals surface area contributed by atoms with E-state index in [4.69, 9.17) is 34.8 Å². The normalized spacial score (nSPS) is 14.3. The van der Waals surface area contributed by atoms with E-state index < -0.39 is 0 Å². The third-order valence-electron chi connectivity index (χ3n) is 7.13. The van der Waals surface area contributed by atoms with Gasteiger partial charge in [0.25, 0.3) is 5.56 Å². The number of nitrogens with two attached hydrogens (primary N) is 2. The zero-order chi connectivity index (χ0) is 30.9. The fourth-order valence-electron chi connectivity index (χ4n) is 5.09. The van der Waals surface area contributed by atoms with Crippen LogP contribution in [0.3, 0.4) is 0 Å². The molecule has 0 aliphatic carbocycles. The molecule has 1 aliphatic heterocycles. The number of carbonyl (C=O) groups excluding carboxylic acids is 2. The fourth-order valence-corrected chi connectivity index (χ4v) is 5.37. The van der Waals surface area contributed by atoms with Crippen molar-refractivity contribution in [1.82, 2.24) is 20.2 Å². The molecule has 0 radical (unpaired) electrons. The van der Waals surface area contributed by atoms with E-state index in [-0.39, 0.29) is 35.1 Å². The lowest BCUT2D eigenvalue weighted by molar-refractivity contribution is -0.120. The number of benzene rings is 2. The molecule has 2 aromatic carbocycles. The maximum Gasteiger partial charge on any atom is 0.254 e. The van der Waals surface area contributed by atoms with Crippen LogP contribution in [0.25, 0.3) is 11.3 Å². The van der Waals surface area contributed by atoms with Crippen molar-refractivity contribution in [1.29, 1.82) is 0 Å². The highest BCUT2D eigenvalue weighted by molar-refractivity contribution is 6.31. The van der Waals surface area contributed by atoms with Gasteiger partial charge in [0.05, 0.1) is 36.5 Å². The molecular weight excluding hydrogens is 591 g/mol.